The maximum absolute atomic E-state index is 5.92. The molecule has 0 saturated carbocycles. The van der Waals surface area contributed by atoms with Gasteiger partial charge >= 0.3 is 0 Å². The largest absolute Gasteiger partial charge is 0.362 e. The van der Waals surface area contributed by atoms with Gasteiger partial charge < -0.3 is 9.30 Å². The molecule has 0 bridgehead atoms. The normalized spacial score (nSPS) is 14.1. The molecule has 2 aromatic rings. The molecule has 92 valence electrons. The molecule has 0 spiro atoms. The lowest BCUT2D eigenvalue weighted by Gasteiger charge is -2.30. The van der Waals surface area contributed by atoms with Gasteiger partial charge in [0.05, 0.1) is 0 Å². The summed E-state index contributed by atoms with van der Waals surface area (Å²) in [5.41, 5.74) is 1.84. The summed E-state index contributed by atoms with van der Waals surface area (Å²) in [6, 6.07) is 1.99. The molecule has 0 radical (unpaired) electrons. The second kappa shape index (κ2) is 4.58. The molecule has 2 rings (SSSR count). The average Bonchev–Trinajstić information content (AvgIpc) is 2.68. The van der Waals surface area contributed by atoms with Crippen molar-refractivity contribution in [1.29, 1.82) is 0 Å². The van der Waals surface area contributed by atoms with Crippen molar-refractivity contribution in [2.45, 2.75) is 32.4 Å². The first-order chi connectivity index (χ1) is 8.04. The van der Waals surface area contributed by atoms with Gasteiger partial charge in [-0.1, -0.05) is 19.6 Å². The van der Waals surface area contributed by atoms with E-state index in [2.05, 4.69) is 34.2 Å². The molecule has 4 nitrogen and oxygen atoms in total. The van der Waals surface area contributed by atoms with E-state index in [-0.39, 0.29) is 5.85 Å². The Labute approximate surface area is 103 Å². The van der Waals surface area contributed by atoms with Crippen LogP contribution in [0.3, 0.4) is 0 Å². The van der Waals surface area contributed by atoms with Crippen LogP contribution in [0.4, 0.5) is 0 Å². The molecule has 2 aromatic heterocycles. The summed E-state index contributed by atoms with van der Waals surface area (Å²) in [6.07, 6.45) is 5.48. The van der Waals surface area contributed by atoms with Crippen molar-refractivity contribution in [3.63, 3.8) is 0 Å². The van der Waals surface area contributed by atoms with Crippen molar-refractivity contribution < 1.29 is 4.74 Å². The number of ether oxygens (including phenoxy) is 1. The van der Waals surface area contributed by atoms with Crippen molar-refractivity contribution in [2.24, 2.45) is 0 Å². The van der Waals surface area contributed by atoms with Crippen molar-refractivity contribution in [3.8, 4) is 0 Å². The first kappa shape index (κ1) is 12.3. The minimum Gasteiger partial charge on any atom is -0.362 e. The zero-order valence-electron chi connectivity index (χ0n) is 10.8. The van der Waals surface area contributed by atoms with Crippen LogP contribution in [0.25, 0.3) is 11.2 Å². The average molecular weight is 249 g/mol. The molecular formula is C12H19N3OSi. The summed E-state index contributed by atoms with van der Waals surface area (Å²) in [7, 11) is -1.46. The summed E-state index contributed by atoms with van der Waals surface area (Å²) in [5, 5.41) is 0. The first-order valence-electron chi connectivity index (χ1n) is 5.93. The molecule has 0 aliphatic rings. The van der Waals surface area contributed by atoms with Crippen molar-refractivity contribution in [3.05, 3.63) is 24.7 Å². The summed E-state index contributed by atoms with van der Waals surface area (Å²) in [5.74, 6) is 0.113. The van der Waals surface area contributed by atoms with E-state index < -0.39 is 8.07 Å². The van der Waals surface area contributed by atoms with Crippen LogP contribution in [-0.4, -0.2) is 29.2 Å². The van der Waals surface area contributed by atoms with Gasteiger partial charge in [0.15, 0.2) is 5.65 Å². The van der Waals surface area contributed by atoms with E-state index >= 15 is 0 Å². The van der Waals surface area contributed by atoms with E-state index in [1.54, 1.807) is 12.4 Å². The molecule has 1 atom stereocenters. The fraction of sp³-hybridized carbons (Fsp3) is 0.500. The van der Waals surface area contributed by atoms with E-state index in [9.17, 15) is 0 Å². The highest BCUT2D eigenvalue weighted by molar-refractivity contribution is 6.76. The molecule has 1 unspecified atom stereocenters. The number of rotatable bonds is 4. The molecule has 0 aliphatic carbocycles. The Hall–Kier alpha value is -1.20. The third-order valence-electron chi connectivity index (χ3n) is 2.66. The molecular weight excluding hydrogens is 230 g/mol. The molecule has 0 amide bonds. The highest BCUT2D eigenvalue weighted by Crippen LogP contribution is 2.26. The zero-order chi connectivity index (χ0) is 12.5. The summed E-state index contributed by atoms with van der Waals surface area (Å²) >= 11 is 0. The quantitative estimate of drug-likeness (QED) is 0.782. The molecule has 0 fully saturated rings. The minimum atomic E-state index is -1.46. The molecule has 17 heavy (non-hydrogen) atoms. The predicted octanol–water partition coefficient (Wildman–Crippen LogP) is 2.84. The number of aromatic nitrogens is 3. The number of nitrogens with zero attached hydrogens (tertiary/aromatic N) is 3. The Morgan fingerprint density at radius 2 is 2.00 bits per heavy atom. The van der Waals surface area contributed by atoms with E-state index in [0.717, 1.165) is 17.8 Å². The van der Waals surface area contributed by atoms with E-state index in [0.29, 0.717) is 0 Å². The van der Waals surface area contributed by atoms with Crippen LogP contribution in [0.2, 0.25) is 19.6 Å². The van der Waals surface area contributed by atoms with Gasteiger partial charge in [0, 0.05) is 25.2 Å². The van der Waals surface area contributed by atoms with Gasteiger partial charge in [0.2, 0.25) is 0 Å². The molecule has 0 saturated heterocycles. The van der Waals surface area contributed by atoms with Crippen molar-refractivity contribution in [1.82, 2.24) is 14.5 Å². The Bertz CT molecular complexity index is 504. The standard InChI is InChI=1S/C12H19N3OSi/c1-5-16-12(17(2,3)4)15-9-6-10-11(15)14-8-7-13-10/h6-9,12H,5H2,1-4H3. The number of hydrogen-bond acceptors (Lipinski definition) is 3. The monoisotopic (exact) mass is 249 g/mol. The van der Waals surface area contributed by atoms with Crippen LogP contribution in [0.5, 0.6) is 0 Å². The summed E-state index contributed by atoms with van der Waals surface area (Å²) in [6.45, 7) is 9.65. The second-order valence-electron chi connectivity index (χ2n) is 5.16. The van der Waals surface area contributed by atoms with Crippen LogP contribution >= 0.6 is 0 Å². The second-order valence-corrected chi connectivity index (χ2v) is 10.4. The van der Waals surface area contributed by atoms with Crippen LogP contribution in [-0.2, 0) is 4.74 Å². The van der Waals surface area contributed by atoms with Crippen LogP contribution in [0, 0.1) is 0 Å². The highest BCUT2D eigenvalue weighted by atomic mass is 28.3. The lowest BCUT2D eigenvalue weighted by atomic mass is 10.5. The number of fused-ring (bicyclic) bond motifs is 1. The fourth-order valence-corrected chi connectivity index (χ4v) is 3.68. The molecule has 0 aliphatic heterocycles. The van der Waals surface area contributed by atoms with Gasteiger partial charge in [0.1, 0.15) is 19.4 Å². The Morgan fingerprint density at radius 1 is 1.29 bits per heavy atom. The lowest BCUT2D eigenvalue weighted by Crippen LogP contribution is -2.37. The molecule has 0 N–H and O–H groups in total. The summed E-state index contributed by atoms with van der Waals surface area (Å²) in [4.78, 5) is 8.70. The van der Waals surface area contributed by atoms with Crippen LogP contribution in [0.15, 0.2) is 24.7 Å². The van der Waals surface area contributed by atoms with Gasteiger partial charge in [-0.05, 0) is 13.0 Å². The molecule has 5 heteroatoms. The zero-order valence-corrected chi connectivity index (χ0v) is 11.8. The predicted molar refractivity (Wildman–Crippen MR) is 71.5 cm³/mol. The maximum Gasteiger partial charge on any atom is 0.160 e. The van der Waals surface area contributed by atoms with Crippen LogP contribution < -0.4 is 0 Å². The summed E-state index contributed by atoms with van der Waals surface area (Å²) < 4.78 is 8.04. The smallest absolute Gasteiger partial charge is 0.160 e. The van der Waals surface area contributed by atoms with Gasteiger partial charge in [-0.15, -0.1) is 0 Å². The van der Waals surface area contributed by atoms with Crippen molar-refractivity contribution >= 4 is 19.2 Å². The van der Waals surface area contributed by atoms with Gasteiger partial charge in [-0.25, -0.2) is 4.98 Å². The van der Waals surface area contributed by atoms with E-state index in [1.807, 2.05) is 19.2 Å². The highest BCUT2D eigenvalue weighted by Gasteiger charge is 2.30. The van der Waals surface area contributed by atoms with Gasteiger partial charge in [-0.3, -0.25) is 4.98 Å². The number of hydrogen-bond donors (Lipinski definition) is 0. The Morgan fingerprint density at radius 3 is 2.65 bits per heavy atom. The first-order valence-corrected chi connectivity index (χ1v) is 9.51. The Kier molecular flexibility index (Phi) is 3.30. The molecule has 0 aromatic carbocycles. The van der Waals surface area contributed by atoms with E-state index in [1.165, 1.54) is 0 Å². The fourth-order valence-electron chi connectivity index (χ4n) is 1.97. The topological polar surface area (TPSA) is 39.9 Å². The Balaban J connectivity index is 2.49. The van der Waals surface area contributed by atoms with E-state index in [4.69, 9.17) is 4.74 Å². The third kappa shape index (κ3) is 2.40. The maximum atomic E-state index is 5.92. The third-order valence-corrected chi connectivity index (χ3v) is 4.59. The van der Waals surface area contributed by atoms with Crippen LogP contribution in [0.1, 0.15) is 12.8 Å². The van der Waals surface area contributed by atoms with Gasteiger partial charge in [0.25, 0.3) is 0 Å². The lowest BCUT2D eigenvalue weighted by molar-refractivity contribution is 0.0665. The SMILES string of the molecule is CCOC(n1ccc2nccnc21)[Si](C)(C)C. The van der Waals surface area contributed by atoms with Gasteiger partial charge in [-0.2, -0.15) is 0 Å². The van der Waals surface area contributed by atoms with Crippen molar-refractivity contribution in [2.75, 3.05) is 6.61 Å². The molecule has 2 heterocycles. The minimum absolute atomic E-state index is 0.113.